The van der Waals surface area contributed by atoms with E-state index in [1.165, 1.54) is 18.2 Å². The smallest absolute Gasteiger partial charge is 0.242 e. The largest absolute Gasteiger partial charge is 0.398 e. The van der Waals surface area contributed by atoms with Crippen LogP contribution in [0.25, 0.3) is 0 Å². The lowest BCUT2D eigenvalue weighted by atomic mass is 10.3. The van der Waals surface area contributed by atoms with E-state index in [0.717, 1.165) is 0 Å². The van der Waals surface area contributed by atoms with Gasteiger partial charge < -0.3 is 5.73 Å². The molecule has 1 rings (SSSR count). The number of hydrogen-bond acceptors (Lipinski definition) is 3. The van der Waals surface area contributed by atoms with Crippen LogP contribution >= 0.6 is 11.6 Å². The number of hydrogen-bond donors (Lipinski definition) is 2. The van der Waals surface area contributed by atoms with Crippen LogP contribution in [0.2, 0.25) is 5.02 Å². The number of sulfonamides is 1. The van der Waals surface area contributed by atoms with Gasteiger partial charge in [0.15, 0.2) is 0 Å². The summed E-state index contributed by atoms with van der Waals surface area (Å²) in [5.41, 5.74) is 5.73. The Morgan fingerprint density at radius 2 is 2.00 bits per heavy atom. The maximum absolute atomic E-state index is 11.7. The molecule has 0 amide bonds. The average molecular weight is 249 g/mol. The summed E-state index contributed by atoms with van der Waals surface area (Å²) in [6.45, 7) is 3.48. The summed E-state index contributed by atoms with van der Waals surface area (Å²) in [5, 5.41) is 0.413. The van der Waals surface area contributed by atoms with E-state index in [1.54, 1.807) is 13.8 Å². The summed E-state index contributed by atoms with van der Waals surface area (Å²) < 4.78 is 25.9. The molecule has 1 aromatic rings. The zero-order chi connectivity index (χ0) is 11.6. The highest BCUT2D eigenvalue weighted by Gasteiger charge is 2.18. The monoisotopic (exact) mass is 248 g/mol. The Balaban J connectivity index is 3.16. The van der Waals surface area contributed by atoms with Crippen molar-refractivity contribution in [1.82, 2.24) is 4.72 Å². The summed E-state index contributed by atoms with van der Waals surface area (Å²) >= 11 is 5.68. The van der Waals surface area contributed by atoms with Gasteiger partial charge in [-0.1, -0.05) is 11.6 Å². The van der Waals surface area contributed by atoms with Crippen LogP contribution in [-0.4, -0.2) is 14.5 Å². The van der Waals surface area contributed by atoms with Crippen molar-refractivity contribution in [3.8, 4) is 0 Å². The molecule has 0 spiro atoms. The van der Waals surface area contributed by atoms with Crippen LogP contribution in [-0.2, 0) is 10.0 Å². The van der Waals surface area contributed by atoms with Gasteiger partial charge in [-0.25, -0.2) is 13.1 Å². The molecule has 1 aromatic carbocycles. The first kappa shape index (κ1) is 12.3. The zero-order valence-corrected chi connectivity index (χ0v) is 10.1. The van der Waals surface area contributed by atoms with Crippen LogP contribution in [0.1, 0.15) is 13.8 Å². The second-order valence-electron chi connectivity index (χ2n) is 3.46. The molecule has 0 aromatic heterocycles. The Kier molecular flexibility index (Phi) is 3.59. The van der Waals surface area contributed by atoms with E-state index < -0.39 is 10.0 Å². The Hall–Kier alpha value is -0.780. The third kappa shape index (κ3) is 3.09. The maximum atomic E-state index is 11.7. The normalized spacial score (nSPS) is 12.0. The standard InChI is InChI=1S/C9H13ClN2O2S/c1-6(2)12-15(13,14)9-4-3-7(10)5-8(9)11/h3-6,12H,11H2,1-2H3. The number of halogens is 1. The maximum Gasteiger partial charge on any atom is 0.242 e. The summed E-state index contributed by atoms with van der Waals surface area (Å²) in [5.74, 6) is 0. The molecule has 0 aliphatic rings. The highest BCUT2D eigenvalue weighted by molar-refractivity contribution is 7.89. The number of anilines is 1. The second kappa shape index (κ2) is 4.38. The molecule has 0 aliphatic carbocycles. The van der Waals surface area contributed by atoms with Crippen LogP contribution in [0.15, 0.2) is 23.1 Å². The third-order valence-corrected chi connectivity index (χ3v) is 3.62. The molecule has 0 saturated carbocycles. The van der Waals surface area contributed by atoms with E-state index in [-0.39, 0.29) is 16.6 Å². The lowest BCUT2D eigenvalue weighted by molar-refractivity contribution is 0.570. The zero-order valence-electron chi connectivity index (χ0n) is 8.49. The molecule has 0 atom stereocenters. The molecule has 15 heavy (non-hydrogen) atoms. The Morgan fingerprint density at radius 1 is 1.40 bits per heavy atom. The SMILES string of the molecule is CC(C)NS(=O)(=O)c1ccc(Cl)cc1N. The predicted molar refractivity (Wildman–Crippen MR) is 61.3 cm³/mol. The summed E-state index contributed by atoms with van der Waals surface area (Å²) in [6.07, 6.45) is 0. The van der Waals surface area contributed by atoms with Crippen molar-refractivity contribution >= 4 is 27.3 Å². The first-order valence-electron chi connectivity index (χ1n) is 4.40. The molecule has 0 radical (unpaired) electrons. The Labute approximate surface area is 94.5 Å². The van der Waals surface area contributed by atoms with Crippen molar-refractivity contribution < 1.29 is 8.42 Å². The molecule has 0 bridgehead atoms. The highest BCUT2D eigenvalue weighted by Crippen LogP contribution is 2.22. The van der Waals surface area contributed by atoms with Crippen molar-refractivity contribution in [2.45, 2.75) is 24.8 Å². The fraction of sp³-hybridized carbons (Fsp3) is 0.333. The molecule has 4 nitrogen and oxygen atoms in total. The molecule has 6 heteroatoms. The summed E-state index contributed by atoms with van der Waals surface area (Å²) in [6, 6.07) is 4.12. The van der Waals surface area contributed by atoms with Crippen molar-refractivity contribution in [2.75, 3.05) is 5.73 Å². The predicted octanol–water partition coefficient (Wildman–Crippen LogP) is 1.61. The number of rotatable bonds is 3. The topological polar surface area (TPSA) is 72.2 Å². The van der Waals surface area contributed by atoms with Gasteiger partial charge in [-0.05, 0) is 32.0 Å². The van der Waals surface area contributed by atoms with Gasteiger partial charge >= 0.3 is 0 Å². The Bertz CT molecular complexity index is 457. The quantitative estimate of drug-likeness (QED) is 0.799. The van der Waals surface area contributed by atoms with Crippen molar-refractivity contribution in [1.29, 1.82) is 0 Å². The molecule has 3 N–H and O–H groups in total. The Morgan fingerprint density at radius 3 is 2.47 bits per heavy atom. The number of nitrogens with one attached hydrogen (secondary N) is 1. The van der Waals surface area contributed by atoms with E-state index in [1.807, 2.05) is 0 Å². The molecular weight excluding hydrogens is 236 g/mol. The highest BCUT2D eigenvalue weighted by atomic mass is 35.5. The first-order chi connectivity index (χ1) is 6.83. The van der Waals surface area contributed by atoms with Crippen LogP contribution in [0.5, 0.6) is 0 Å². The van der Waals surface area contributed by atoms with Crippen LogP contribution in [0.4, 0.5) is 5.69 Å². The van der Waals surface area contributed by atoms with Gasteiger partial charge in [0.2, 0.25) is 10.0 Å². The van der Waals surface area contributed by atoms with Gasteiger partial charge in [0.25, 0.3) is 0 Å². The minimum Gasteiger partial charge on any atom is -0.398 e. The van der Waals surface area contributed by atoms with E-state index in [2.05, 4.69) is 4.72 Å². The van der Waals surface area contributed by atoms with Gasteiger partial charge in [0.1, 0.15) is 4.90 Å². The van der Waals surface area contributed by atoms with Crippen molar-refractivity contribution in [3.05, 3.63) is 23.2 Å². The lowest BCUT2D eigenvalue weighted by Crippen LogP contribution is -2.30. The fourth-order valence-electron chi connectivity index (χ4n) is 1.14. The van der Waals surface area contributed by atoms with Gasteiger partial charge in [-0.15, -0.1) is 0 Å². The number of nitrogens with two attached hydrogens (primary N) is 1. The summed E-state index contributed by atoms with van der Waals surface area (Å²) in [7, 11) is -3.54. The summed E-state index contributed by atoms with van der Waals surface area (Å²) in [4.78, 5) is 0.0561. The third-order valence-electron chi connectivity index (χ3n) is 1.65. The fourth-order valence-corrected chi connectivity index (χ4v) is 2.68. The van der Waals surface area contributed by atoms with Crippen molar-refractivity contribution in [2.24, 2.45) is 0 Å². The molecule has 0 heterocycles. The molecule has 0 saturated heterocycles. The van der Waals surface area contributed by atoms with Crippen LogP contribution in [0, 0.1) is 0 Å². The number of nitrogen functional groups attached to an aromatic ring is 1. The van der Waals surface area contributed by atoms with E-state index in [0.29, 0.717) is 5.02 Å². The van der Waals surface area contributed by atoms with E-state index >= 15 is 0 Å². The minimum absolute atomic E-state index is 0.0561. The molecule has 84 valence electrons. The van der Waals surface area contributed by atoms with Gasteiger partial charge in [0.05, 0.1) is 5.69 Å². The van der Waals surface area contributed by atoms with Crippen molar-refractivity contribution in [3.63, 3.8) is 0 Å². The molecular formula is C9H13ClN2O2S. The molecule has 0 aliphatic heterocycles. The molecule has 0 fully saturated rings. The van der Waals surface area contributed by atoms with Crippen LogP contribution < -0.4 is 10.5 Å². The van der Waals surface area contributed by atoms with E-state index in [4.69, 9.17) is 17.3 Å². The van der Waals surface area contributed by atoms with Gasteiger partial charge in [-0.3, -0.25) is 0 Å². The lowest BCUT2D eigenvalue weighted by Gasteiger charge is -2.11. The average Bonchev–Trinajstić information content (AvgIpc) is 1.99. The van der Waals surface area contributed by atoms with Crippen LogP contribution in [0.3, 0.4) is 0 Å². The first-order valence-corrected chi connectivity index (χ1v) is 6.26. The minimum atomic E-state index is -3.54. The van der Waals surface area contributed by atoms with Gasteiger partial charge in [0, 0.05) is 11.1 Å². The molecule has 0 unspecified atom stereocenters. The van der Waals surface area contributed by atoms with E-state index in [9.17, 15) is 8.42 Å². The number of benzene rings is 1. The van der Waals surface area contributed by atoms with Gasteiger partial charge in [-0.2, -0.15) is 0 Å². The second-order valence-corrected chi connectivity index (χ2v) is 5.58.